The third-order valence-corrected chi connectivity index (χ3v) is 5.17. The standard InChI is InChI=1S/C26H20N4O2/c1-18-8-12-22(13-9-18)30-25(21-11-10-19-5-2-3-6-20(19)15-21)16-24(29-30)26(31)28-27-17-23-7-4-14-32-23/h2-17H,1H3,(H,28,31)/b27-17-. The van der Waals surface area contributed by atoms with E-state index >= 15 is 0 Å². The van der Waals surface area contributed by atoms with Gasteiger partial charge < -0.3 is 4.42 Å². The molecule has 0 saturated heterocycles. The van der Waals surface area contributed by atoms with E-state index in [4.69, 9.17) is 4.42 Å². The van der Waals surface area contributed by atoms with Crippen molar-refractivity contribution in [3.8, 4) is 16.9 Å². The summed E-state index contributed by atoms with van der Waals surface area (Å²) in [5, 5.41) is 10.8. The molecule has 0 aliphatic carbocycles. The normalized spacial score (nSPS) is 11.3. The van der Waals surface area contributed by atoms with Gasteiger partial charge in [-0.25, -0.2) is 10.1 Å². The highest BCUT2D eigenvalue weighted by Crippen LogP contribution is 2.27. The zero-order chi connectivity index (χ0) is 21.9. The Balaban J connectivity index is 1.54. The third-order valence-electron chi connectivity index (χ3n) is 5.17. The molecule has 0 unspecified atom stereocenters. The molecule has 156 valence electrons. The van der Waals surface area contributed by atoms with Crippen molar-refractivity contribution in [2.75, 3.05) is 0 Å². The Morgan fingerprint density at radius 3 is 2.56 bits per heavy atom. The molecule has 0 aliphatic heterocycles. The molecule has 3 aromatic carbocycles. The molecule has 0 saturated carbocycles. The van der Waals surface area contributed by atoms with Crippen molar-refractivity contribution < 1.29 is 9.21 Å². The first-order valence-corrected chi connectivity index (χ1v) is 10.2. The van der Waals surface area contributed by atoms with Gasteiger partial charge in [0.25, 0.3) is 5.91 Å². The SMILES string of the molecule is Cc1ccc(-n2nc(C(=O)N/N=C\c3ccco3)cc2-c2ccc3ccccc3c2)cc1. The first-order chi connectivity index (χ1) is 15.7. The number of nitrogens with zero attached hydrogens (tertiary/aromatic N) is 3. The third kappa shape index (κ3) is 3.94. The summed E-state index contributed by atoms with van der Waals surface area (Å²) in [5.41, 5.74) is 6.59. The molecular formula is C26H20N4O2. The summed E-state index contributed by atoms with van der Waals surface area (Å²) in [6.07, 6.45) is 2.99. The van der Waals surface area contributed by atoms with Crippen LogP contribution in [0.25, 0.3) is 27.7 Å². The van der Waals surface area contributed by atoms with Gasteiger partial charge in [-0.3, -0.25) is 4.79 Å². The minimum absolute atomic E-state index is 0.269. The van der Waals surface area contributed by atoms with Gasteiger partial charge in [-0.1, -0.05) is 54.1 Å². The topological polar surface area (TPSA) is 72.4 Å². The molecule has 1 N–H and O–H groups in total. The summed E-state index contributed by atoms with van der Waals surface area (Å²) in [5.74, 6) is 0.146. The summed E-state index contributed by atoms with van der Waals surface area (Å²) in [6, 6.07) is 27.7. The molecule has 5 rings (SSSR count). The van der Waals surface area contributed by atoms with Crippen LogP contribution in [-0.2, 0) is 0 Å². The number of fused-ring (bicyclic) bond motifs is 1. The smallest absolute Gasteiger partial charge is 0.291 e. The fourth-order valence-corrected chi connectivity index (χ4v) is 3.51. The Bertz CT molecular complexity index is 1410. The molecule has 6 heteroatoms. The van der Waals surface area contributed by atoms with E-state index < -0.39 is 5.91 Å². The van der Waals surface area contributed by atoms with E-state index in [1.165, 1.54) is 6.21 Å². The fourth-order valence-electron chi connectivity index (χ4n) is 3.51. The minimum atomic E-state index is -0.402. The van der Waals surface area contributed by atoms with Crippen LogP contribution in [0.4, 0.5) is 0 Å². The molecule has 0 aliphatic rings. The average Bonchev–Trinajstić information content (AvgIpc) is 3.50. The molecule has 0 radical (unpaired) electrons. The van der Waals surface area contributed by atoms with Gasteiger partial charge in [0.2, 0.25) is 0 Å². The molecule has 5 aromatic rings. The monoisotopic (exact) mass is 420 g/mol. The second kappa shape index (κ2) is 8.35. The quantitative estimate of drug-likeness (QED) is 0.307. The number of hydrazone groups is 1. The van der Waals surface area contributed by atoms with E-state index in [1.54, 1.807) is 29.1 Å². The number of hydrogen-bond acceptors (Lipinski definition) is 4. The summed E-state index contributed by atoms with van der Waals surface area (Å²) >= 11 is 0. The van der Waals surface area contributed by atoms with E-state index in [1.807, 2.05) is 49.4 Å². The van der Waals surface area contributed by atoms with Gasteiger partial charge in [-0.2, -0.15) is 10.2 Å². The van der Waals surface area contributed by atoms with Crippen LogP contribution < -0.4 is 5.43 Å². The number of amides is 1. The van der Waals surface area contributed by atoms with E-state index in [0.717, 1.165) is 33.3 Å². The highest BCUT2D eigenvalue weighted by Gasteiger charge is 2.17. The largest absolute Gasteiger partial charge is 0.463 e. The number of nitrogens with one attached hydrogen (secondary N) is 1. The van der Waals surface area contributed by atoms with Crippen LogP contribution in [0.1, 0.15) is 21.8 Å². The van der Waals surface area contributed by atoms with Crippen LogP contribution in [0, 0.1) is 6.92 Å². The van der Waals surface area contributed by atoms with Crippen molar-refractivity contribution in [1.82, 2.24) is 15.2 Å². The Hall–Kier alpha value is -4.45. The van der Waals surface area contributed by atoms with Crippen LogP contribution in [0.2, 0.25) is 0 Å². The molecule has 6 nitrogen and oxygen atoms in total. The predicted molar refractivity (Wildman–Crippen MR) is 125 cm³/mol. The Labute approximate surface area is 184 Å². The summed E-state index contributed by atoms with van der Waals surface area (Å²) in [6.45, 7) is 2.03. The van der Waals surface area contributed by atoms with Gasteiger partial charge >= 0.3 is 0 Å². The minimum Gasteiger partial charge on any atom is -0.463 e. The fraction of sp³-hybridized carbons (Fsp3) is 0.0385. The lowest BCUT2D eigenvalue weighted by Crippen LogP contribution is -2.18. The maximum absolute atomic E-state index is 12.7. The first kappa shape index (κ1) is 19.5. The lowest BCUT2D eigenvalue weighted by Gasteiger charge is -2.09. The molecule has 2 aromatic heterocycles. The molecule has 32 heavy (non-hydrogen) atoms. The summed E-state index contributed by atoms with van der Waals surface area (Å²) in [7, 11) is 0. The molecule has 0 spiro atoms. The highest BCUT2D eigenvalue weighted by atomic mass is 16.3. The van der Waals surface area contributed by atoms with Crippen molar-refractivity contribution in [3.63, 3.8) is 0 Å². The summed E-state index contributed by atoms with van der Waals surface area (Å²) in [4.78, 5) is 12.7. The van der Waals surface area contributed by atoms with Gasteiger partial charge in [0.05, 0.1) is 23.9 Å². The van der Waals surface area contributed by atoms with Gasteiger partial charge in [-0.05, 0) is 54.1 Å². The number of furan rings is 1. The van der Waals surface area contributed by atoms with Crippen molar-refractivity contribution in [2.45, 2.75) is 6.92 Å². The zero-order valence-electron chi connectivity index (χ0n) is 17.4. The van der Waals surface area contributed by atoms with Crippen molar-refractivity contribution >= 4 is 22.9 Å². The number of carbonyl (C=O) groups excluding carboxylic acids is 1. The number of aromatic nitrogens is 2. The number of carbonyl (C=O) groups is 1. The van der Waals surface area contributed by atoms with Gasteiger partial charge in [-0.15, -0.1) is 0 Å². The van der Waals surface area contributed by atoms with Crippen LogP contribution in [-0.4, -0.2) is 21.9 Å². The Morgan fingerprint density at radius 1 is 0.969 bits per heavy atom. The number of hydrogen-bond donors (Lipinski definition) is 1. The second-order valence-corrected chi connectivity index (χ2v) is 7.44. The molecule has 1 amide bonds. The lowest BCUT2D eigenvalue weighted by molar-refractivity contribution is 0.0949. The van der Waals surface area contributed by atoms with Crippen LogP contribution >= 0.6 is 0 Å². The Morgan fingerprint density at radius 2 is 1.78 bits per heavy atom. The lowest BCUT2D eigenvalue weighted by atomic mass is 10.0. The second-order valence-electron chi connectivity index (χ2n) is 7.44. The molecule has 0 bridgehead atoms. The molecule has 2 heterocycles. The van der Waals surface area contributed by atoms with Crippen LogP contribution in [0.5, 0.6) is 0 Å². The molecular weight excluding hydrogens is 400 g/mol. The molecule has 0 fully saturated rings. The number of benzene rings is 3. The van der Waals surface area contributed by atoms with Crippen LogP contribution in [0.3, 0.4) is 0 Å². The predicted octanol–water partition coefficient (Wildman–Crippen LogP) is 5.36. The number of aryl methyl sites for hydroxylation is 1. The maximum atomic E-state index is 12.7. The van der Waals surface area contributed by atoms with Gasteiger partial charge in [0, 0.05) is 5.56 Å². The maximum Gasteiger partial charge on any atom is 0.291 e. The van der Waals surface area contributed by atoms with E-state index in [0.29, 0.717) is 5.76 Å². The first-order valence-electron chi connectivity index (χ1n) is 10.2. The number of rotatable bonds is 5. The zero-order valence-corrected chi connectivity index (χ0v) is 17.4. The Kier molecular flexibility index (Phi) is 5.09. The van der Waals surface area contributed by atoms with Crippen LogP contribution in [0.15, 0.2) is 101 Å². The summed E-state index contributed by atoms with van der Waals surface area (Å²) < 4.78 is 6.97. The van der Waals surface area contributed by atoms with E-state index in [9.17, 15) is 4.79 Å². The van der Waals surface area contributed by atoms with Crippen molar-refractivity contribution in [1.29, 1.82) is 0 Å². The van der Waals surface area contributed by atoms with E-state index in [2.05, 4.69) is 39.9 Å². The van der Waals surface area contributed by atoms with E-state index in [-0.39, 0.29) is 5.69 Å². The van der Waals surface area contributed by atoms with Crippen molar-refractivity contribution in [2.24, 2.45) is 5.10 Å². The highest BCUT2D eigenvalue weighted by molar-refractivity contribution is 5.95. The van der Waals surface area contributed by atoms with Crippen molar-refractivity contribution in [3.05, 3.63) is 108 Å². The van der Waals surface area contributed by atoms with Gasteiger partial charge in [0.15, 0.2) is 5.69 Å². The molecule has 0 atom stereocenters. The van der Waals surface area contributed by atoms with Gasteiger partial charge in [0.1, 0.15) is 5.76 Å². The average molecular weight is 420 g/mol.